The third-order valence-electron chi connectivity index (χ3n) is 7.46. The van der Waals surface area contributed by atoms with Gasteiger partial charge in [-0.3, -0.25) is 19.3 Å². The number of hydrogen-bond acceptors (Lipinski definition) is 9. The van der Waals surface area contributed by atoms with Crippen LogP contribution in [-0.2, 0) is 22.7 Å². The van der Waals surface area contributed by atoms with Crippen molar-refractivity contribution < 1.29 is 33.6 Å². The van der Waals surface area contributed by atoms with Gasteiger partial charge in [0.15, 0.2) is 23.9 Å². The summed E-state index contributed by atoms with van der Waals surface area (Å²) in [6.45, 7) is 3.65. The van der Waals surface area contributed by atoms with Gasteiger partial charge in [0.1, 0.15) is 5.75 Å². The zero-order chi connectivity index (χ0) is 27.1. The first-order valence-corrected chi connectivity index (χ1v) is 13.0. The number of aromatic nitrogens is 1. The summed E-state index contributed by atoms with van der Waals surface area (Å²) in [5.41, 5.74) is 2.04. The molecule has 6 rings (SSSR count). The van der Waals surface area contributed by atoms with E-state index in [1.807, 2.05) is 0 Å². The minimum Gasteiger partial charge on any atom is -0.483 e. The topological polar surface area (TPSA) is 129 Å². The molecule has 39 heavy (non-hydrogen) atoms. The van der Waals surface area contributed by atoms with Crippen LogP contribution in [0.1, 0.15) is 27.9 Å². The van der Waals surface area contributed by atoms with E-state index >= 15 is 0 Å². The van der Waals surface area contributed by atoms with E-state index in [0.717, 1.165) is 19.6 Å². The SMILES string of the molecule is CNC(=O)COc1cc2c3c(n(CCCN4CCOCC4)c(=O)c2cc1CO)-c1cc2c(cc1C3=O)OCO2. The fraction of sp³-hybridized carbons (Fsp3) is 0.393. The highest BCUT2D eigenvalue weighted by Crippen LogP contribution is 2.46. The van der Waals surface area contributed by atoms with Gasteiger partial charge in [-0.25, -0.2) is 0 Å². The van der Waals surface area contributed by atoms with E-state index < -0.39 is 6.61 Å². The van der Waals surface area contributed by atoms with Crippen molar-refractivity contribution in [2.45, 2.75) is 19.6 Å². The number of aliphatic hydroxyl groups excluding tert-OH is 1. The Kier molecular flexibility index (Phi) is 6.71. The molecule has 0 atom stereocenters. The molecule has 1 aromatic heterocycles. The molecule has 3 heterocycles. The molecule has 1 aliphatic carbocycles. The van der Waals surface area contributed by atoms with E-state index in [9.17, 15) is 19.5 Å². The van der Waals surface area contributed by atoms with E-state index in [1.165, 1.54) is 7.05 Å². The Labute approximate surface area is 223 Å². The van der Waals surface area contributed by atoms with Crippen LogP contribution in [0.5, 0.6) is 17.2 Å². The number of nitrogens with one attached hydrogen (secondary N) is 1. The third-order valence-corrected chi connectivity index (χ3v) is 7.46. The predicted octanol–water partition coefficient (Wildman–Crippen LogP) is 1.28. The first-order valence-electron chi connectivity index (χ1n) is 13.0. The van der Waals surface area contributed by atoms with Crippen molar-refractivity contribution >= 4 is 22.5 Å². The van der Waals surface area contributed by atoms with Crippen molar-refractivity contribution in [2.75, 3.05) is 53.3 Å². The largest absolute Gasteiger partial charge is 0.483 e. The average Bonchev–Trinajstić information content (AvgIpc) is 3.54. The number of carbonyl (C=O) groups is 2. The number of hydrogen-bond donors (Lipinski definition) is 2. The molecule has 1 amide bonds. The van der Waals surface area contributed by atoms with Gasteiger partial charge in [0.05, 0.1) is 31.1 Å². The zero-order valence-electron chi connectivity index (χ0n) is 21.6. The van der Waals surface area contributed by atoms with Crippen molar-refractivity contribution in [1.82, 2.24) is 14.8 Å². The van der Waals surface area contributed by atoms with Gasteiger partial charge in [0, 0.05) is 60.7 Å². The Hall–Kier alpha value is -3.93. The van der Waals surface area contributed by atoms with Crippen LogP contribution in [0.25, 0.3) is 22.0 Å². The van der Waals surface area contributed by atoms with Crippen molar-refractivity contribution in [3.8, 4) is 28.5 Å². The van der Waals surface area contributed by atoms with Crippen LogP contribution in [0.2, 0.25) is 0 Å². The number of ether oxygens (including phenoxy) is 4. The molecule has 204 valence electrons. The molecule has 2 aliphatic heterocycles. The maximum Gasteiger partial charge on any atom is 0.258 e. The highest BCUT2D eigenvalue weighted by atomic mass is 16.7. The Morgan fingerprint density at radius 3 is 2.49 bits per heavy atom. The number of aliphatic hydroxyl groups is 1. The second-order valence-electron chi connectivity index (χ2n) is 9.69. The summed E-state index contributed by atoms with van der Waals surface area (Å²) in [6, 6.07) is 6.56. The molecule has 1 saturated heterocycles. The van der Waals surface area contributed by atoms with Gasteiger partial charge in [0.2, 0.25) is 6.79 Å². The van der Waals surface area contributed by atoms with Crippen LogP contribution in [0.4, 0.5) is 0 Å². The third kappa shape index (κ3) is 4.42. The quantitative estimate of drug-likeness (QED) is 0.343. The highest BCUT2D eigenvalue weighted by molar-refractivity contribution is 6.27. The fourth-order valence-electron chi connectivity index (χ4n) is 5.45. The normalized spacial score (nSPS) is 15.9. The van der Waals surface area contributed by atoms with Crippen molar-refractivity contribution in [1.29, 1.82) is 0 Å². The van der Waals surface area contributed by atoms with Gasteiger partial charge in [-0.2, -0.15) is 0 Å². The molecule has 0 radical (unpaired) electrons. The smallest absolute Gasteiger partial charge is 0.258 e. The number of nitrogens with zero attached hydrogens (tertiary/aromatic N) is 2. The number of ketones is 1. The zero-order valence-corrected chi connectivity index (χ0v) is 21.6. The summed E-state index contributed by atoms with van der Waals surface area (Å²) in [4.78, 5) is 42.0. The highest BCUT2D eigenvalue weighted by Gasteiger charge is 2.35. The molecule has 2 N–H and O–H groups in total. The molecule has 2 aromatic carbocycles. The lowest BCUT2D eigenvalue weighted by molar-refractivity contribution is -0.122. The number of carbonyl (C=O) groups excluding carboxylic acids is 2. The Morgan fingerprint density at radius 1 is 1.03 bits per heavy atom. The van der Waals surface area contributed by atoms with Gasteiger partial charge in [0.25, 0.3) is 11.5 Å². The van der Waals surface area contributed by atoms with Gasteiger partial charge < -0.3 is 33.9 Å². The molecule has 0 bridgehead atoms. The maximum absolute atomic E-state index is 14.0. The summed E-state index contributed by atoms with van der Waals surface area (Å²) in [7, 11) is 1.49. The first-order chi connectivity index (χ1) is 19.0. The number of likely N-dealkylation sites (N-methyl/N-ethyl adjacent to an activating group) is 1. The molecular weight excluding hydrogens is 506 g/mol. The molecule has 0 saturated carbocycles. The van der Waals surface area contributed by atoms with Crippen LogP contribution in [0.15, 0.2) is 29.1 Å². The lowest BCUT2D eigenvalue weighted by Gasteiger charge is -2.26. The fourth-order valence-corrected chi connectivity index (χ4v) is 5.45. The molecule has 11 nitrogen and oxygen atoms in total. The van der Waals surface area contributed by atoms with Crippen molar-refractivity contribution in [2.24, 2.45) is 0 Å². The minimum atomic E-state index is -0.401. The molecule has 11 heteroatoms. The molecule has 0 unspecified atom stereocenters. The van der Waals surface area contributed by atoms with Crippen LogP contribution < -0.4 is 25.1 Å². The number of fused-ring (bicyclic) bond motifs is 6. The van der Waals surface area contributed by atoms with Crippen LogP contribution in [-0.4, -0.2) is 79.6 Å². The van der Waals surface area contributed by atoms with Gasteiger partial charge in [-0.15, -0.1) is 0 Å². The monoisotopic (exact) mass is 535 g/mol. The van der Waals surface area contributed by atoms with E-state index in [-0.39, 0.29) is 36.4 Å². The number of benzene rings is 2. The number of amides is 1. The van der Waals surface area contributed by atoms with Gasteiger partial charge >= 0.3 is 0 Å². The van der Waals surface area contributed by atoms with E-state index in [2.05, 4.69) is 10.2 Å². The number of morpholine rings is 1. The van der Waals surface area contributed by atoms with Crippen molar-refractivity contribution in [3.63, 3.8) is 0 Å². The molecular formula is C28H29N3O8. The Bertz CT molecular complexity index is 1540. The number of rotatable bonds is 8. The summed E-state index contributed by atoms with van der Waals surface area (Å²) in [6.07, 6.45) is 0.701. The molecule has 1 fully saturated rings. The first kappa shape index (κ1) is 25.4. The van der Waals surface area contributed by atoms with E-state index in [1.54, 1.807) is 28.8 Å². The van der Waals surface area contributed by atoms with Crippen molar-refractivity contribution in [3.05, 3.63) is 51.3 Å². The maximum atomic E-state index is 14.0. The summed E-state index contributed by atoms with van der Waals surface area (Å²) < 4.78 is 23.9. The second-order valence-corrected chi connectivity index (χ2v) is 9.69. The predicted molar refractivity (Wildman–Crippen MR) is 141 cm³/mol. The summed E-state index contributed by atoms with van der Waals surface area (Å²) in [5.74, 6) is 0.653. The van der Waals surface area contributed by atoms with Gasteiger partial charge in [-0.05, 0) is 30.7 Å². The summed E-state index contributed by atoms with van der Waals surface area (Å²) >= 11 is 0. The second kappa shape index (κ2) is 10.3. The average molecular weight is 536 g/mol. The Balaban J connectivity index is 1.49. The molecule has 3 aliphatic rings. The molecule has 0 spiro atoms. The lowest BCUT2D eigenvalue weighted by Crippen LogP contribution is -2.37. The minimum absolute atomic E-state index is 0.0688. The molecule has 3 aromatic rings. The lowest BCUT2D eigenvalue weighted by atomic mass is 10.00. The van der Waals surface area contributed by atoms with E-state index in [4.69, 9.17) is 18.9 Å². The Morgan fingerprint density at radius 2 is 1.77 bits per heavy atom. The van der Waals surface area contributed by atoms with Crippen LogP contribution >= 0.6 is 0 Å². The number of pyridine rings is 1. The van der Waals surface area contributed by atoms with Crippen LogP contribution in [0.3, 0.4) is 0 Å². The summed E-state index contributed by atoms with van der Waals surface area (Å²) in [5, 5.41) is 13.2. The van der Waals surface area contributed by atoms with Gasteiger partial charge in [-0.1, -0.05) is 0 Å². The van der Waals surface area contributed by atoms with E-state index in [0.29, 0.717) is 76.4 Å². The van der Waals surface area contributed by atoms with Crippen LogP contribution in [0, 0.1) is 0 Å². The standard InChI is InChI=1S/C28H29N3O8/c1-29-24(33)14-37-21-10-17-20(9-16(21)13-32)28(35)31(4-2-3-30-5-7-36-8-6-30)26-18-11-22-23(39-15-38-22)12-19(18)27(34)25(17)26/h9-12,32H,2-8,13-15H2,1H3,(H,29,33).